The third-order valence-corrected chi connectivity index (χ3v) is 1.93. The zero-order valence-corrected chi connectivity index (χ0v) is 9.10. The molecule has 0 bridgehead atoms. The summed E-state index contributed by atoms with van der Waals surface area (Å²) < 4.78 is 9.39. The number of ether oxygens (including phenoxy) is 2. The number of nitrogens with two attached hydrogens (primary N) is 1. The molecule has 0 aliphatic carbocycles. The molecule has 0 fully saturated rings. The lowest BCUT2D eigenvalue weighted by atomic mass is 10.1. The molecule has 0 unspecified atom stereocenters. The van der Waals surface area contributed by atoms with E-state index in [1.165, 1.54) is 20.1 Å². The van der Waals surface area contributed by atoms with Crippen LogP contribution in [0.4, 0.5) is 0 Å². The van der Waals surface area contributed by atoms with E-state index >= 15 is 0 Å². The normalized spacial score (nSPS) is 11.7. The van der Waals surface area contributed by atoms with Crippen LogP contribution in [-0.4, -0.2) is 19.0 Å². The summed E-state index contributed by atoms with van der Waals surface area (Å²) in [6.07, 6.45) is 0. The molecule has 5 heteroatoms. The van der Waals surface area contributed by atoms with Gasteiger partial charge < -0.3 is 15.2 Å². The van der Waals surface area contributed by atoms with Crippen LogP contribution < -0.4 is 10.5 Å². The largest absolute Gasteiger partial charge is 0.468 e. The fraction of sp³-hybridized carbons (Fsp3) is 0.273. The van der Waals surface area contributed by atoms with Gasteiger partial charge in [0.25, 0.3) is 0 Å². The van der Waals surface area contributed by atoms with Gasteiger partial charge in [0.05, 0.1) is 7.11 Å². The summed E-state index contributed by atoms with van der Waals surface area (Å²) in [7, 11) is 1.26. The van der Waals surface area contributed by atoms with Gasteiger partial charge >= 0.3 is 11.9 Å². The van der Waals surface area contributed by atoms with Gasteiger partial charge in [-0.3, -0.25) is 9.59 Å². The molecule has 0 spiro atoms. The molecule has 2 N–H and O–H groups in total. The van der Waals surface area contributed by atoms with Crippen molar-refractivity contribution in [2.24, 2.45) is 5.73 Å². The average Bonchev–Trinajstić information content (AvgIpc) is 2.26. The molecule has 0 saturated carbocycles. The van der Waals surface area contributed by atoms with Gasteiger partial charge in [0.15, 0.2) is 0 Å². The number of esters is 2. The Bertz CT molecular complexity index is 403. The van der Waals surface area contributed by atoms with Crippen LogP contribution in [0.1, 0.15) is 18.5 Å². The molecular formula is C11H13NO4. The fourth-order valence-electron chi connectivity index (χ4n) is 1.20. The summed E-state index contributed by atoms with van der Waals surface area (Å²) >= 11 is 0. The third-order valence-electron chi connectivity index (χ3n) is 1.93. The van der Waals surface area contributed by atoms with Crippen molar-refractivity contribution in [3.8, 4) is 5.75 Å². The number of carbonyl (C=O) groups is 2. The first-order valence-electron chi connectivity index (χ1n) is 4.66. The number of hydrogen-bond acceptors (Lipinski definition) is 5. The van der Waals surface area contributed by atoms with Gasteiger partial charge in [-0.05, 0) is 17.7 Å². The number of methoxy groups -OCH3 is 1. The maximum Gasteiger partial charge on any atom is 0.327 e. The van der Waals surface area contributed by atoms with Crippen molar-refractivity contribution in [2.75, 3.05) is 7.11 Å². The van der Waals surface area contributed by atoms with Crippen LogP contribution in [0.3, 0.4) is 0 Å². The van der Waals surface area contributed by atoms with E-state index in [0.717, 1.165) is 0 Å². The highest BCUT2D eigenvalue weighted by Crippen LogP contribution is 2.18. The van der Waals surface area contributed by atoms with Gasteiger partial charge in [0.2, 0.25) is 0 Å². The van der Waals surface area contributed by atoms with Crippen molar-refractivity contribution < 1.29 is 19.1 Å². The molecule has 1 rings (SSSR count). The Hall–Kier alpha value is -1.88. The molecule has 0 saturated heterocycles. The minimum Gasteiger partial charge on any atom is -0.468 e. The zero-order valence-electron chi connectivity index (χ0n) is 9.10. The van der Waals surface area contributed by atoms with Crippen molar-refractivity contribution in [2.45, 2.75) is 13.0 Å². The van der Waals surface area contributed by atoms with Gasteiger partial charge in [0, 0.05) is 6.92 Å². The Kier molecular flexibility index (Phi) is 4.02. The molecule has 0 radical (unpaired) electrons. The van der Waals surface area contributed by atoms with E-state index in [9.17, 15) is 9.59 Å². The second-order valence-corrected chi connectivity index (χ2v) is 3.17. The predicted octanol–water partition coefficient (Wildman–Crippen LogP) is 0.785. The van der Waals surface area contributed by atoms with Crippen molar-refractivity contribution in [3.63, 3.8) is 0 Å². The molecule has 1 atom stereocenters. The Balaban J connectivity index is 2.89. The number of hydrogen-bond donors (Lipinski definition) is 1. The number of rotatable bonds is 3. The topological polar surface area (TPSA) is 78.6 Å². The zero-order chi connectivity index (χ0) is 12.1. The standard InChI is InChI=1S/C11H13NO4/c1-7(13)16-9-5-3-4-8(6-9)10(12)11(14)15-2/h3-6,10H,12H2,1-2H3/t10-/m0/s1. The maximum atomic E-state index is 11.2. The summed E-state index contributed by atoms with van der Waals surface area (Å²) in [5.74, 6) is -0.617. The first-order valence-corrected chi connectivity index (χ1v) is 4.66. The Morgan fingerprint density at radius 2 is 2.06 bits per heavy atom. The van der Waals surface area contributed by atoms with E-state index in [0.29, 0.717) is 11.3 Å². The minimum atomic E-state index is -0.875. The Morgan fingerprint density at radius 1 is 1.38 bits per heavy atom. The lowest BCUT2D eigenvalue weighted by Crippen LogP contribution is -2.22. The molecule has 0 aliphatic heterocycles. The first kappa shape index (κ1) is 12.2. The van der Waals surface area contributed by atoms with Gasteiger partial charge in [-0.1, -0.05) is 12.1 Å². The average molecular weight is 223 g/mol. The highest BCUT2D eigenvalue weighted by atomic mass is 16.5. The molecule has 0 heterocycles. The molecule has 86 valence electrons. The van der Waals surface area contributed by atoms with Crippen LogP contribution in [0.2, 0.25) is 0 Å². The first-order chi connectivity index (χ1) is 7.54. The lowest BCUT2D eigenvalue weighted by Gasteiger charge is -2.10. The summed E-state index contributed by atoms with van der Waals surface area (Å²) in [5.41, 5.74) is 6.17. The second kappa shape index (κ2) is 5.27. The Labute approximate surface area is 93.1 Å². The van der Waals surface area contributed by atoms with Crippen LogP contribution in [0.25, 0.3) is 0 Å². The highest BCUT2D eigenvalue weighted by Gasteiger charge is 2.16. The highest BCUT2D eigenvalue weighted by molar-refractivity contribution is 5.77. The summed E-state index contributed by atoms with van der Waals surface area (Å²) in [6, 6.07) is 5.57. The smallest absolute Gasteiger partial charge is 0.327 e. The third kappa shape index (κ3) is 3.06. The van der Waals surface area contributed by atoms with Crippen molar-refractivity contribution in [1.82, 2.24) is 0 Å². The maximum absolute atomic E-state index is 11.2. The van der Waals surface area contributed by atoms with E-state index in [2.05, 4.69) is 4.74 Å². The molecule has 0 aliphatic rings. The van der Waals surface area contributed by atoms with Crippen LogP contribution in [0, 0.1) is 0 Å². The van der Waals surface area contributed by atoms with Crippen LogP contribution >= 0.6 is 0 Å². The van der Waals surface area contributed by atoms with Gasteiger partial charge in [-0.15, -0.1) is 0 Å². The van der Waals surface area contributed by atoms with Gasteiger partial charge in [-0.25, -0.2) is 0 Å². The summed E-state index contributed by atoms with van der Waals surface area (Å²) in [6.45, 7) is 1.30. The van der Waals surface area contributed by atoms with Gasteiger partial charge in [-0.2, -0.15) is 0 Å². The number of carbonyl (C=O) groups excluding carboxylic acids is 2. The lowest BCUT2D eigenvalue weighted by molar-refractivity contribution is -0.142. The molecule has 1 aromatic carbocycles. The van der Waals surface area contributed by atoms with Crippen molar-refractivity contribution in [1.29, 1.82) is 0 Å². The summed E-state index contributed by atoms with van der Waals surface area (Å²) in [4.78, 5) is 21.9. The molecule has 1 aromatic rings. The summed E-state index contributed by atoms with van der Waals surface area (Å²) in [5, 5.41) is 0. The molecule has 5 nitrogen and oxygen atoms in total. The van der Waals surface area contributed by atoms with E-state index in [1.807, 2.05) is 0 Å². The minimum absolute atomic E-state index is 0.351. The number of benzene rings is 1. The van der Waals surface area contributed by atoms with Crippen molar-refractivity contribution in [3.05, 3.63) is 29.8 Å². The molecule has 0 aromatic heterocycles. The van der Waals surface area contributed by atoms with E-state index in [4.69, 9.17) is 10.5 Å². The van der Waals surface area contributed by atoms with Crippen molar-refractivity contribution >= 4 is 11.9 Å². The Morgan fingerprint density at radius 3 is 2.62 bits per heavy atom. The van der Waals surface area contributed by atoms with E-state index in [-0.39, 0.29) is 0 Å². The quantitative estimate of drug-likeness (QED) is 0.605. The monoisotopic (exact) mass is 223 g/mol. The fourth-order valence-corrected chi connectivity index (χ4v) is 1.20. The second-order valence-electron chi connectivity index (χ2n) is 3.17. The molecular weight excluding hydrogens is 210 g/mol. The SMILES string of the molecule is COC(=O)[C@@H](N)c1cccc(OC(C)=O)c1. The van der Waals surface area contributed by atoms with E-state index in [1.54, 1.807) is 18.2 Å². The van der Waals surface area contributed by atoms with Crippen LogP contribution in [0.5, 0.6) is 5.75 Å². The van der Waals surface area contributed by atoms with E-state index < -0.39 is 18.0 Å². The van der Waals surface area contributed by atoms with Crippen LogP contribution in [0.15, 0.2) is 24.3 Å². The van der Waals surface area contributed by atoms with Gasteiger partial charge in [0.1, 0.15) is 11.8 Å². The molecule has 0 amide bonds. The molecule has 16 heavy (non-hydrogen) atoms. The predicted molar refractivity (Wildman–Crippen MR) is 56.7 cm³/mol. The van der Waals surface area contributed by atoms with Crippen LogP contribution in [-0.2, 0) is 14.3 Å².